The van der Waals surface area contributed by atoms with E-state index in [0.29, 0.717) is 23.2 Å². The fourth-order valence-corrected chi connectivity index (χ4v) is 5.36. The van der Waals surface area contributed by atoms with Crippen LogP contribution in [-0.4, -0.2) is 46.1 Å². The van der Waals surface area contributed by atoms with Crippen LogP contribution >= 0.6 is 11.3 Å². The van der Waals surface area contributed by atoms with Crippen molar-refractivity contribution in [2.75, 3.05) is 33.4 Å². The standard InChI is InChI=1S/C14H24N2O3S2/c1-3-15-9-13-8-14(20-11-13)21(17,18)16-6-4-12(5-7-16)10-19-2/h8,11-12,15H,3-7,9-10H2,1-2H3. The summed E-state index contributed by atoms with van der Waals surface area (Å²) in [5.74, 6) is 0.481. The first-order chi connectivity index (χ1) is 10.1. The van der Waals surface area contributed by atoms with Crippen molar-refractivity contribution in [2.24, 2.45) is 5.92 Å². The molecule has 1 aliphatic heterocycles. The Labute approximate surface area is 131 Å². The van der Waals surface area contributed by atoms with Crippen molar-refractivity contribution in [3.63, 3.8) is 0 Å². The second kappa shape index (κ2) is 7.69. The first-order valence-corrected chi connectivity index (χ1v) is 9.67. The lowest BCUT2D eigenvalue weighted by Gasteiger charge is -2.30. The molecular weight excluding hydrogens is 308 g/mol. The molecule has 7 heteroatoms. The van der Waals surface area contributed by atoms with Gasteiger partial charge in [0.15, 0.2) is 0 Å². The lowest BCUT2D eigenvalue weighted by atomic mass is 9.99. The maximum absolute atomic E-state index is 12.6. The van der Waals surface area contributed by atoms with Gasteiger partial charge in [-0.05, 0) is 42.3 Å². The normalized spacial score (nSPS) is 18.2. The van der Waals surface area contributed by atoms with Gasteiger partial charge in [-0.3, -0.25) is 0 Å². The predicted molar refractivity (Wildman–Crippen MR) is 85.1 cm³/mol. The Hall–Kier alpha value is -0.470. The maximum Gasteiger partial charge on any atom is 0.252 e. The van der Waals surface area contributed by atoms with E-state index in [1.54, 1.807) is 17.5 Å². The Balaban J connectivity index is 2.00. The highest BCUT2D eigenvalue weighted by Crippen LogP contribution is 2.27. The van der Waals surface area contributed by atoms with E-state index in [9.17, 15) is 8.42 Å². The number of methoxy groups -OCH3 is 1. The summed E-state index contributed by atoms with van der Waals surface area (Å²) in [6.45, 7) is 5.55. The van der Waals surface area contributed by atoms with Gasteiger partial charge in [-0.1, -0.05) is 6.92 Å². The van der Waals surface area contributed by atoms with Gasteiger partial charge >= 0.3 is 0 Å². The van der Waals surface area contributed by atoms with Gasteiger partial charge in [0.2, 0.25) is 0 Å². The SMILES string of the molecule is CCNCc1csc(S(=O)(=O)N2CCC(COC)CC2)c1. The molecule has 1 saturated heterocycles. The molecule has 1 aromatic heterocycles. The highest BCUT2D eigenvalue weighted by atomic mass is 32.2. The number of hydrogen-bond donors (Lipinski definition) is 1. The molecule has 1 N–H and O–H groups in total. The lowest BCUT2D eigenvalue weighted by molar-refractivity contribution is 0.121. The first kappa shape index (κ1) is 16.9. The third kappa shape index (κ3) is 4.26. The number of nitrogens with zero attached hydrogens (tertiary/aromatic N) is 1. The van der Waals surface area contributed by atoms with Crippen molar-refractivity contribution in [1.29, 1.82) is 0 Å². The van der Waals surface area contributed by atoms with Gasteiger partial charge in [0.1, 0.15) is 4.21 Å². The van der Waals surface area contributed by atoms with Crippen molar-refractivity contribution in [1.82, 2.24) is 9.62 Å². The van der Waals surface area contributed by atoms with E-state index < -0.39 is 10.0 Å². The third-order valence-corrected chi connectivity index (χ3v) is 7.14. The van der Waals surface area contributed by atoms with Crippen molar-refractivity contribution >= 4 is 21.4 Å². The molecule has 0 amide bonds. The van der Waals surface area contributed by atoms with E-state index in [1.807, 2.05) is 12.3 Å². The molecule has 0 aliphatic carbocycles. The zero-order valence-electron chi connectivity index (χ0n) is 12.7. The monoisotopic (exact) mass is 332 g/mol. The second-order valence-electron chi connectivity index (χ2n) is 5.36. The summed E-state index contributed by atoms with van der Waals surface area (Å²) >= 11 is 1.32. The molecular formula is C14H24N2O3S2. The van der Waals surface area contributed by atoms with Gasteiger partial charge in [0, 0.05) is 33.4 Å². The summed E-state index contributed by atoms with van der Waals surface area (Å²) in [7, 11) is -1.63. The molecule has 0 unspecified atom stereocenters. The van der Waals surface area contributed by atoms with Gasteiger partial charge in [-0.25, -0.2) is 8.42 Å². The molecule has 1 aromatic rings. The highest BCUT2D eigenvalue weighted by molar-refractivity contribution is 7.91. The number of hydrogen-bond acceptors (Lipinski definition) is 5. The molecule has 0 saturated carbocycles. The molecule has 0 bridgehead atoms. The van der Waals surface area contributed by atoms with Gasteiger partial charge in [-0.15, -0.1) is 11.3 Å². The van der Waals surface area contributed by atoms with E-state index in [-0.39, 0.29) is 0 Å². The van der Waals surface area contributed by atoms with Crippen LogP contribution < -0.4 is 5.32 Å². The molecule has 0 aromatic carbocycles. The van der Waals surface area contributed by atoms with Gasteiger partial charge in [0.05, 0.1) is 0 Å². The first-order valence-electron chi connectivity index (χ1n) is 7.35. The van der Waals surface area contributed by atoms with Gasteiger partial charge in [-0.2, -0.15) is 4.31 Å². The quantitative estimate of drug-likeness (QED) is 0.828. The van der Waals surface area contributed by atoms with Crippen LogP contribution in [0.4, 0.5) is 0 Å². The van der Waals surface area contributed by atoms with E-state index in [2.05, 4.69) is 5.32 Å². The van der Waals surface area contributed by atoms with Crippen LogP contribution in [0.15, 0.2) is 15.7 Å². The molecule has 21 heavy (non-hydrogen) atoms. The van der Waals surface area contributed by atoms with Crippen LogP contribution in [0.5, 0.6) is 0 Å². The van der Waals surface area contributed by atoms with Crippen LogP contribution in [0.1, 0.15) is 25.3 Å². The zero-order chi connectivity index (χ0) is 15.3. The van der Waals surface area contributed by atoms with Crippen molar-refractivity contribution in [3.05, 3.63) is 17.0 Å². The zero-order valence-corrected chi connectivity index (χ0v) is 14.3. The van der Waals surface area contributed by atoms with Gasteiger partial charge in [0.25, 0.3) is 10.0 Å². The molecule has 0 radical (unpaired) electrons. The van der Waals surface area contributed by atoms with Crippen molar-refractivity contribution in [2.45, 2.75) is 30.5 Å². The average molecular weight is 332 g/mol. The van der Waals surface area contributed by atoms with Gasteiger partial charge < -0.3 is 10.1 Å². The van der Waals surface area contributed by atoms with Crippen LogP contribution in [0.3, 0.4) is 0 Å². The summed E-state index contributed by atoms with van der Waals surface area (Å²) in [6.07, 6.45) is 1.76. The van der Waals surface area contributed by atoms with E-state index >= 15 is 0 Å². The number of rotatable bonds is 7. The molecule has 0 spiro atoms. The summed E-state index contributed by atoms with van der Waals surface area (Å²) in [6, 6.07) is 1.80. The Morgan fingerprint density at radius 1 is 1.43 bits per heavy atom. The minimum absolute atomic E-state index is 0.459. The maximum atomic E-state index is 12.6. The van der Waals surface area contributed by atoms with E-state index in [4.69, 9.17) is 4.74 Å². The Morgan fingerprint density at radius 2 is 2.14 bits per heavy atom. The Bertz CT molecular complexity index is 534. The third-order valence-electron chi connectivity index (χ3n) is 3.78. The Kier molecular flexibility index (Phi) is 6.19. The molecule has 2 rings (SSSR count). The fraction of sp³-hybridized carbons (Fsp3) is 0.714. The molecule has 1 fully saturated rings. The number of nitrogens with one attached hydrogen (secondary N) is 1. The van der Waals surface area contributed by atoms with Crippen LogP contribution in [0.2, 0.25) is 0 Å². The molecule has 2 heterocycles. The summed E-state index contributed by atoms with van der Waals surface area (Å²) in [5.41, 5.74) is 1.04. The number of thiophene rings is 1. The number of sulfonamides is 1. The summed E-state index contributed by atoms with van der Waals surface area (Å²) in [5, 5.41) is 5.14. The highest BCUT2D eigenvalue weighted by Gasteiger charge is 2.30. The van der Waals surface area contributed by atoms with E-state index in [1.165, 1.54) is 11.3 Å². The lowest BCUT2D eigenvalue weighted by Crippen LogP contribution is -2.39. The number of piperidine rings is 1. The molecule has 0 atom stereocenters. The topological polar surface area (TPSA) is 58.6 Å². The largest absolute Gasteiger partial charge is 0.384 e. The van der Waals surface area contributed by atoms with E-state index in [0.717, 1.165) is 38.1 Å². The summed E-state index contributed by atoms with van der Waals surface area (Å²) in [4.78, 5) is 0. The van der Waals surface area contributed by atoms with Crippen molar-refractivity contribution in [3.8, 4) is 0 Å². The number of ether oxygens (including phenoxy) is 1. The van der Waals surface area contributed by atoms with Crippen LogP contribution in [-0.2, 0) is 21.3 Å². The minimum Gasteiger partial charge on any atom is -0.384 e. The minimum atomic E-state index is -3.32. The summed E-state index contributed by atoms with van der Waals surface area (Å²) < 4.78 is 32.5. The van der Waals surface area contributed by atoms with Crippen molar-refractivity contribution < 1.29 is 13.2 Å². The average Bonchev–Trinajstić information content (AvgIpc) is 2.96. The molecule has 120 valence electrons. The van der Waals surface area contributed by atoms with Crippen LogP contribution in [0, 0.1) is 5.92 Å². The smallest absolute Gasteiger partial charge is 0.252 e. The second-order valence-corrected chi connectivity index (χ2v) is 8.43. The Morgan fingerprint density at radius 3 is 2.76 bits per heavy atom. The molecule has 1 aliphatic rings. The predicted octanol–water partition coefficient (Wildman–Crippen LogP) is 1.90. The molecule has 5 nitrogen and oxygen atoms in total. The van der Waals surface area contributed by atoms with Crippen LogP contribution in [0.25, 0.3) is 0 Å². The fourth-order valence-electron chi connectivity index (χ4n) is 2.53.